The summed E-state index contributed by atoms with van der Waals surface area (Å²) in [6.07, 6.45) is 2.77. The van der Waals surface area contributed by atoms with Gasteiger partial charge in [-0.25, -0.2) is 4.39 Å². The van der Waals surface area contributed by atoms with Crippen LogP contribution in [0.1, 0.15) is 24.8 Å². The second-order valence-corrected chi connectivity index (χ2v) is 4.77. The number of halogens is 2. The van der Waals surface area contributed by atoms with E-state index in [4.69, 9.17) is 11.6 Å². The van der Waals surface area contributed by atoms with Gasteiger partial charge in [0.2, 0.25) is 0 Å². The molecule has 1 aliphatic rings. The Balaban J connectivity index is 1.87. The lowest BCUT2D eigenvalue weighted by Crippen LogP contribution is -2.46. The molecule has 0 saturated heterocycles. The Morgan fingerprint density at radius 2 is 2.19 bits per heavy atom. The van der Waals surface area contributed by atoms with E-state index in [1.54, 1.807) is 12.1 Å². The molecule has 0 aliphatic heterocycles. The van der Waals surface area contributed by atoms with Gasteiger partial charge in [0.1, 0.15) is 5.82 Å². The van der Waals surface area contributed by atoms with E-state index in [-0.39, 0.29) is 5.02 Å². The number of benzene rings is 1. The molecule has 0 aromatic heterocycles. The maximum atomic E-state index is 13.1. The van der Waals surface area contributed by atoms with Gasteiger partial charge in [-0.1, -0.05) is 23.7 Å². The van der Waals surface area contributed by atoms with Crippen molar-refractivity contribution in [2.45, 2.75) is 31.4 Å². The van der Waals surface area contributed by atoms with Crippen LogP contribution in [0.25, 0.3) is 0 Å². The Morgan fingerprint density at radius 3 is 2.81 bits per heavy atom. The summed E-state index contributed by atoms with van der Waals surface area (Å²) in [5.74, 6) is -0.400. The minimum absolute atomic E-state index is 0.163. The largest absolute Gasteiger partial charge is 0.389 e. The summed E-state index contributed by atoms with van der Waals surface area (Å²) in [7, 11) is 0. The first-order valence-electron chi connectivity index (χ1n) is 5.47. The third kappa shape index (κ3) is 2.54. The van der Waals surface area contributed by atoms with Crippen LogP contribution in [0.3, 0.4) is 0 Å². The van der Waals surface area contributed by atoms with Gasteiger partial charge in [-0.2, -0.15) is 0 Å². The summed E-state index contributed by atoms with van der Waals surface area (Å²) < 4.78 is 13.1. The van der Waals surface area contributed by atoms with Gasteiger partial charge in [0.25, 0.3) is 0 Å². The molecule has 0 spiro atoms. The van der Waals surface area contributed by atoms with Crippen molar-refractivity contribution in [2.75, 3.05) is 6.54 Å². The third-order valence-corrected chi connectivity index (χ3v) is 3.51. The fraction of sp³-hybridized carbons (Fsp3) is 0.500. The van der Waals surface area contributed by atoms with Gasteiger partial charge in [-0.05, 0) is 30.9 Å². The highest BCUT2D eigenvalue weighted by Gasteiger charge is 2.33. The molecule has 0 amide bonds. The normalized spacial score (nSPS) is 18.2. The van der Waals surface area contributed by atoms with Crippen LogP contribution in [0.5, 0.6) is 0 Å². The molecule has 1 aromatic carbocycles. The standard InChI is InChI=1S/C12H15ClFNO/c13-11-9(3-1-4-10(11)14)7-15-8-12(16)5-2-6-12/h1,3-4,15-16H,2,5-8H2. The Morgan fingerprint density at radius 1 is 1.44 bits per heavy atom. The number of hydrogen-bond donors (Lipinski definition) is 2. The minimum atomic E-state index is -0.556. The molecule has 1 aromatic rings. The molecule has 1 saturated carbocycles. The molecular formula is C12H15ClFNO. The number of aliphatic hydroxyl groups is 1. The summed E-state index contributed by atoms with van der Waals surface area (Å²) in [4.78, 5) is 0. The zero-order valence-corrected chi connectivity index (χ0v) is 9.73. The quantitative estimate of drug-likeness (QED) is 0.852. The van der Waals surface area contributed by atoms with Gasteiger partial charge < -0.3 is 10.4 Å². The van der Waals surface area contributed by atoms with E-state index >= 15 is 0 Å². The molecule has 0 atom stereocenters. The molecule has 0 radical (unpaired) electrons. The van der Waals surface area contributed by atoms with Crippen LogP contribution in [-0.2, 0) is 6.54 Å². The first kappa shape index (κ1) is 11.8. The summed E-state index contributed by atoms with van der Waals surface area (Å²) in [5.41, 5.74) is 0.171. The van der Waals surface area contributed by atoms with Gasteiger partial charge >= 0.3 is 0 Å². The molecule has 16 heavy (non-hydrogen) atoms. The Labute approximate surface area is 99.4 Å². The molecule has 0 bridgehead atoms. The maximum absolute atomic E-state index is 13.1. The minimum Gasteiger partial charge on any atom is -0.389 e. The Bertz CT molecular complexity index is 379. The monoisotopic (exact) mass is 243 g/mol. The average Bonchev–Trinajstić information content (AvgIpc) is 2.22. The zero-order valence-electron chi connectivity index (χ0n) is 8.97. The van der Waals surface area contributed by atoms with Crippen molar-refractivity contribution >= 4 is 11.6 Å². The predicted octanol–water partition coefficient (Wildman–Crippen LogP) is 2.48. The van der Waals surface area contributed by atoms with Crippen LogP contribution in [-0.4, -0.2) is 17.3 Å². The summed E-state index contributed by atoms with van der Waals surface area (Å²) in [6, 6.07) is 4.75. The van der Waals surface area contributed by atoms with Gasteiger partial charge in [0.05, 0.1) is 10.6 Å². The molecule has 0 heterocycles. The van der Waals surface area contributed by atoms with E-state index in [1.807, 2.05) is 0 Å². The molecule has 2 nitrogen and oxygen atoms in total. The summed E-state index contributed by atoms with van der Waals surface area (Å²) >= 11 is 5.81. The first-order chi connectivity index (χ1) is 7.61. The zero-order chi connectivity index (χ0) is 11.6. The Hall–Kier alpha value is -0.640. The second-order valence-electron chi connectivity index (χ2n) is 4.39. The maximum Gasteiger partial charge on any atom is 0.142 e. The van der Waals surface area contributed by atoms with Crippen LogP contribution in [0.15, 0.2) is 18.2 Å². The van der Waals surface area contributed by atoms with Crippen LogP contribution < -0.4 is 5.32 Å². The molecule has 2 rings (SSSR count). The fourth-order valence-corrected chi connectivity index (χ4v) is 2.07. The van der Waals surface area contributed by atoms with E-state index in [2.05, 4.69) is 5.32 Å². The van der Waals surface area contributed by atoms with E-state index in [0.717, 1.165) is 24.8 Å². The fourth-order valence-electron chi connectivity index (χ4n) is 1.88. The van der Waals surface area contributed by atoms with Gasteiger partial charge in [-0.3, -0.25) is 0 Å². The van der Waals surface area contributed by atoms with Crippen molar-refractivity contribution < 1.29 is 9.50 Å². The lowest BCUT2D eigenvalue weighted by Gasteiger charge is -2.36. The molecule has 2 N–H and O–H groups in total. The van der Waals surface area contributed by atoms with E-state index in [1.165, 1.54) is 6.07 Å². The topological polar surface area (TPSA) is 32.3 Å². The number of hydrogen-bond acceptors (Lipinski definition) is 2. The van der Waals surface area contributed by atoms with Crippen molar-refractivity contribution in [2.24, 2.45) is 0 Å². The lowest BCUT2D eigenvalue weighted by molar-refractivity contribution is -0.0314. The van der Waals surface area contributed by atoms with Crippen molar-refractivity contribution in [1.29, 1.82) is 0 Å². The summed E-state index contributed by atoms with van der Waals surface area (Å²) in [6.45, 7) is 1.03. The van der Waals surface area contributed by atoms with E-state index in [0.29, 0.717) is 13.1 Å². The van der Waals surface area contributed by atoms with E-state index in [9.17, 15) is 9.50 Å². The molecule has 0 unspecified atom stereocenters. The second kappa shape index (κ2) is 4.70. The van der Waals surface area contributed by atoms with Crippen molar-refractivity contribution in [3.05, 3.63) is 34.6 Å². The molecule has 88 valence electrons. The highest BCUT2D eigenvalue weighted by Crippen LogP contribution is 2.30. The molecule has 4 heteroatoms. The highest BCUT2D eigenvalue weighted by molar-refractivity contribution is 6.31. The SMILES string of the molecule is OC1(CNCc2cccc(F)c2Cl)CCC1. The van der Waals surface area contributed by atoms with Gasteiger partial charge in [-0.15, -0.1) is 0 Å². The van der Waals surface area contributed by atoms with Crippen molar-refractivity contribution in [3.8, 4) is 0 Å². The molecule has 1 aliphatic carbocycles. The van der Waals surface area contributed by atoms with Crippen LogP contribution in [0.4, 0.5) is 4.39 Å². The Kier molecular flexibility index (Phi) is 3.47. The van der Waals surface area contributed by atoms with Crippen molar-refractivity contribution in [3.63, 3.8) is 0 Å². The highest BCUT2D eigenvalue weighted by atomic mass is 35.5. The first-order valence-corrected chi connectivity index (χ1v) is 5.84. The van der Waals surface area contributed by atoms with Gasteiger partial charge in [0.15, 0.2) is 0 Å². The van der Waals surface area contributed by atoms with Crippen LogP contribution in [0.2, 0.25) is 5.02 Å². The van der Waals surface area contributed by atoms with Crippen LogP contribution in [0, 0.1) is 5.82 Å². The van der Waals surface area contributed by atoms with Gasteiger partial charge in [0, 0.05) is 13.1 Å². The predicted molar refractivity (Wildman–Crippen MR) is 61.9 cm³/mol. The van der Waals surface area contributed by atoms with Crippen molar-refractivity contribution in [1.82, 2.24) is 5.32 Å². The lowest BCUT2D eigenvalue weighted by atomic mass is 9.80. The molecule has 1 fully saturated rings. The third-order valence-electron chi connectivity index (χ3n) is 3.09. The smallest absolute Gasteiger partial charge is 0.142 e. The van der Waals surface area contributed by atoms with E-state index < -0.39 is 11.4 Å². The number of rotatable bonds is 4. The average molecular weight is 244 g/mol. The molecular weight excluding hydrogens is 229 g/mol. The summed E-state index contributed by atoms with van der Waals surface area (Å²) in [5, 5.41) is 13.1. The van der Waals surface area contributed by atoms with Crippen LogP contribution >= 0.6 is 11.6 Å². The number of nitrogens with one attached hydrogen (secondary N) is 1.